The summed E-state index contributed by atoms with van der Waals surface area (Å²) >= 11 is 0. The molecule has 0 spiro atoms. The molecular weight excluding hydrogens is 527 g/mol. The van der Waals surface area contributed by atoms with Gasteiger partial charge in [-0.1, -0.05) is 6.07 Å². The van der Waals surface area contributed by atoms with Gasteiger partial charge in [0.2, 0.25) is 0 Å². The SMILES string of the molecule is COC(=O)C(OC(C)(C)C)c1c(C)ccc(OS(=O)(=O)C(F)(F)F)c1-c1ccc2c3c(ccnc13)CCO2. The molecular formula is C26H26F3NO7S. The monoisotopic (exact) mass is 553 g/mol. The standard InChI is InChI=1S/C26H26F3NO7S/c1-14-6-8-18(37-38(32,33)26(27,28)29)21(19(14)23(24(31)34-5)36-25(2,3)4)16-7-9-17-20-15(11-13-35-17)10-12-30-22(16)20/h6-10,12,23H,11,13H2,1-5H3. The highest BCUT2D eigenvalue weighted by atomic mass is 32.2. The molecule has 2 heterocycles. The molecule has 1 unspecified atom stereocenters. The van der Waals surface area contributed by atoms with Crippen molar-refractivity contribution in [2.75, 3.05) is 13.7 Å². The van der Waals surface area contributed by atoms with Crippen molar-refractivity contribution in [1.82, 2.24) is 4.98 Å². The minimum atomic E-state index is -6.06. The van der Waals surface area contributed by atoms with Gasteiger partial charge in [0.1, 0.15) is 5.75 Å². The van der Waals surface area contributed by atoms with Gasteiger partial charge in [0.25, 0.3) is 0 Å². The van der Waals surface area contributed by atoms with E-state index in [0.717, 1.165) is 18.7 Å². The number of hydrogen-bond acceptors (Lipinski definition) is 8. The van der Waals surface area contributed by atoms with Gasteiger partial charge in [-0.15, -0.1) is 0 Å². The molecule has 1 atom stereocenters. The van der Waals surface area contributed by atoms with Crippen LogP contribution in [0.5, 0.6) is 11.5 Å². The van der Waals surface area contributed by atoms with E-state index < -0.39 is 39.1 Å². The Hall–Kier alpha value is -3.38. The van der Waals surface area contributed by atoms with Crippen LogP contribution in [0.15, 0.2) is 36.5 Å². The number of ether oxygens (including phenoxy) is 3. The van der Waals surface area contributed by atoms with Gasteiger partial charge in [-0.2, -0.15) is 21.6 Å². The number of aryl methyl sites for hydroxylation is 1. The third-order valence-corrected chi connectivity index (χ3v) is 6.86. The number of esters is 1. The molecule has 0 amide bonds. The molecule has 1 aromatic heterocycles. The molecule has 0 fully saturated rings. The Kier molecular flexibility index (Phi) is 7.08. The van der Waals surface area contributed by atoms with E-state index in [-0.39, 0.29) is 16.7 Å². The lowest BCUT2D eigenvalue weighted by molar-refractivity contribution is -0.164. The number of hydrogen-bond donors (Lipinski definition) is 0. The number of halogens is 3. The van der Waals surface area contributed by atoms with Crippen LogP contribution in [0.3, 0.4) is 0 Å². The third kappa shape index (κ3) is 5.14. The first-order valence-electron chi connectivity index (χ1n) is 11.6. The maximum atomic E-state index is 13.4. The molecule has 8 nitrogen and oxygen atoms in total. The summed E-state index contributed by atoms with van der Waals surface area (Å²) in [4.78, 5) is 17.4. The lowest BCUT2D eigenvalue weighted by Crippen LogP contribution is -2.30. The van der Waals surface area contributed by atoms with Gasteiger partial charge in [0.05, 0.1) is 24.8 Å². The van der Waals surface area contributed by atoms with Crippen LogP contribution in [0, 0.1) is 6.92 Å². The highest BCUT2D eigenvalue weighted by Crippen LogP contribution is 2.47. The Morgan fingerprint density at radius 1 is 1.11 bits per heavy atom. The Morgan fingerprint density at radius 3 is 2.45 bits per heavy atom. The zero-order chi connectivity index (χ0) is 28.0. The summed E-state index contributed by atoms with van der Waals surface area (Å²) in [6.07, 6.45) is 0.677. The lowest BCUT2D eigenvalue weighted by Gasteiger charge is -2.29. The first kappa shape index (κ1) is 27.6. The molecule has 1 aliphatic rings. The minimum Gasteiger partial charge on any atom is -0.493 e. The fraction of sp³-hybridized carbons (Fsp3) is 0.385. The number of methoxy groups -OCH3 is 1. The number of alkyl halides is 3. The van der Waals surface area contributed by atoms with Crippen LogP contribution in [0.2, 0.25) is 0 Å². The molecule has 3 aromatic rings. The molecule has 0 saturated carbocycles. The fourth-order valence-corrected chi connectivity index (χ4v) is 4.81. The molecule has 4 rings (SSSR count). The molecule has 2 aromatic carbocycles. The van der Waals surface area contributed by atoms with Crippen molar-refractivity contribution in [3.05, 3.63) is 53.2 Å². The number of pyridine rings is 1. The first-order valence-corrected chi connectivity index (χ1v) is 13.0. The van der Waals surface area contributed by atoms with E-state index in [1.165, 1.54) is 12.1 Å². The summed E-state index contributed by atoms with van der Waals surface area (Å²) in [7, 11) is -4.92. The van der Waals surface area contributed by atoms with Gasteiger partial charge in [-0.3, -0.25) is 4.98 Å². The van der Waals surface area contributed by atoms with Crippen molar-refractivity contribution in [1.29, 1.82) is 0 Å². The maximum Gasteiger partial charge on any atom is 0.534 e. The van der Waals surface area contributed by atoms with Crippen molar-refractivity contribution in [3.63, 3.8) is 0 Å². The molecule has 0 N–H and O–H groups in total. The number of aromatic nitrogens is 1. The zero-order valence-electron chi connectivity index (χ0n) is 21.3. The van der Waals surface area contributed by atoms with Crippen molar-refractivity contribution in [3.8, 4) is 22.6 Å². The largest absolute Gasteiger partial charge is 0.534 e. The first-order chi connectivity index (χ1) is 17.6. The summed E-state index contributed by atoms with van der Waals surface area (Å²) < 4.78 is 85.7. The summed E-state index contributed by atoms with van der Waals surface area (Å²) in [6, 6.07) is 7.42. The summed E-state index contributed by atoms with van der Waals surface area (Å²) in [5.41, 5.74) is -4.72. The normalized spacial score (nSPS) is 14.6. The smallest absolute Gasteiger partial charge is 0.493 e. The van der Waals surface area contributed by atoms with E-state index in [1.54, 1.807) is 46.0 Å². The topological polar surface area (TPSA) is 101 Å². The number of nitrogens with zero attached hydrogens (tertiary/aromatic N) is 1. The second-order valence-corrected chi connectivity index (χ2v) is 11.2. The molecule has 0 saturated heterocycles. The van der Waals surface area contributed by atoms with E-state index in [0.29, 0.717) is 35.2 Å². The second kappa shape index (κ2) is 9.73. The van der Waals surface area contributed by atoms with Crippen LogP contribution in [-0.2, 0) is 30.8 Å². The molecule has 0 bridgehead atoms. The number of carbonyl (C=O) groups is 1. The van der Waals surface area contributed by atoms with Crippen molar-refractivity contribution < 1.29 is 44.8 Å². The van der Waals surface area contributed by atoms with Crippen LogP contribution in [0.25, 0.3) is 22.0 Å². The Balaban J connectivity index is 2.11. The van der Waals surface area contributed by atoms with E-state index in [9.17, 15) is 26.4 Å². The Morgan fingerprint density at radius 2 is 1.82 bits per heavy atom. The quantitative estimate of drug-likeness (QED) is 0.227. The predicted molar refractivity (Wildman–Crippen MR) is 132 cm³/mol. The maximum absolute atomic E-state index is 13.4. The predicted octanol–water partition coefficient (Wildman–Crippen LogP) is 5.40. The average molecular weight is 554 g/mol. The second-order valence-electron chi connectivity index (χ2n) is 9.69. The van der Waals surface area contributed by atoms with Gasteiger partial charge in [0, 0.05) is 34.7 Å². The number of rotatable bonds is 6. The molecule has 204 valence electrons. The van der Waals surface area contributed by atoms with Crippen LogP contribution in [0.1, 0.15) is 43.6 Å². The van der Waals surface area contributed by atoms with Crippen molar-refractivity contribution >= 4 is 27.0 Å². The van der Waals surface area contributed by atoms with Crippen molar-refractivity contribution in [2.45, 2.75) is 51.3 Å². The minimum absolute atomic E-state index is 0.0841. The number of benzene rings is 2. The highest BCUT2D eigenvalue weighted by molar-refractivity contribution is 7.88. The van der Waals surface area contributed by atoms with Gasteiger partial charge >= 0.3 is 21.6 Å². The van der Waals surface area contributed by atoms with Crippen LogP contribution < -0.4 is 8.92 Å². The van der Waals surface area contributed by atoms with E-state index in [1.807, 2.05) is 0 Å². The van der Waals surface area contributed by atoms with Crippen LogP contribution >= 0.6 is 0 Å². The average Bonchev–Trinajstić information content (AvgIpc) is 2.82. The fourth-order valence-electron chi connectivity index (χ4n) is 4.34. The van der Waals surface area contributed by atoms with E-state index >= 15 is 0 Å². The Labute approximate surface area is 217 Å². The lowest BCUT2D eigenvalue weighted by atomic mass is 9.88. The van der Waals surface area contributed by atoms with Crippen molar-refractivity contribution in [2.24, 2.45) is 0 Å². The molecule has 12 heteroatoms. The van der Waals surface area contributed by atoms with Crippen LogP contribution in [0.4, 0.5) is 13.2 Å². The zero-order valence-corrected chi connectivity index (χ0v) is 22.1. The summed E-state index contributed by atoms with van der Waals surface area (Å²) in [5, 5.41) is 0.625. The van der Waals surface area contributed by atoms with Gasteiger partial charge in [-0.05, 0) is 63.1 Å². The highest BCUT2D eigenvalue weighted by Gasteiger charge is 2.49. The molecule has 1 aliphatic heterocycles. The molecule has 0 aliphatic carbocycles. The number of carbonyl (C=O) groups excluding carboxylic acids is 1. The third-order valence-electron chi connectivity index (χ3n) is 5.90. The molecule has 0 radical (unpaired) electrons. The molecule has 38 heavy (non-hydrogen) atoms. The summed E-state index contributed by atoms with van der Waals surface area (Å²) in [6.45, 7) is 7.11. The van der Waals surface area contributed by atoms with Gasteiger partial charge in [0.15, 0.2) is 11.9 Å². The Bertz CT molecular complexity index is 1500. The van der Waals surface area contributed by atoms with Gasteiger partial charge in [-0.25, -0.2) is 4.79 Å². The summed E-state index contributed by atoms with van der Waals surface area (Å²) in [5.74, 6) is -0.958. The van der Waals surface area contributed by atoms with Crippen LogP contribution in [-0.4, -0.2) is 44.2 Å². The van der Waals surface area contributed by atoms with E-state index in [4.69, 9.17) is 14.2 Å². The van der Waals surface area contributed by atoms with Gasteiger partial charge < -0.3 is 18.4 Å². The van der Waals surface area contributed by atoms with E-state index in [2.05, 4.69) is 9.17 Å².